The zero-order valence-electron chi connectivity index (χ0n) is 16.6. The second-order valence-electron chi connectivity index (χ2n) is 7.12. The second kappa shape index (κ2) is 7.60. The number of aromatic nitrogens is 3. The Kier molecular flexibility index (Phi) is 5.16. The summed E-state index contributed by atoms with van der Waals surface area (Å²) in [6.45, 7) is 9.29. The highest BCUT2D eigenvalue weighted by molar-refractivity contribution is 7.18. The number of methoxy groups -OCH3 is 1. The lowest BCUT2D eigenvalue weighted by Crippen LogP contribution is -2.47. The van der Waals surface area contributed by atoms with E-state index in [0.717, 1.165) is 47.3 Å². The molecule has 0 spiro atoms. The lowest BCUT2D eigenvalue weighted by Gasteiger charge is -2.39. The Morgan fingerprint density at radius 1 is 1.07 bits per heavy atom. The average molecular weight is 402 g/mol. The van der Waals surface area contributed by atoms with Crippen LogP contribution in [0.15, 0.2) is 18.2 Å². The Labute approximate surface area is 168 Å². The molecule has 1 aliphatic heterocycles. The van der Waals surface area contributed by atoms with E-state index >= 15 is 0 Å². The molecule has 1 aliphatic rings. The molecule has 4 rings (SSSR count). The molecule has 4 heterocycles. The fourth-order valence-corrected chi connectivity index (χ4v) is 4.50. The Hall–Kier alpha value is -2.32. The van der Waals surface area contributed by atoms with Crippen molar-refractivity contribution in [2.24, 2.45) is 0 Å². The largest absolute Gasteiger partial charge is 0.481 e. The lowest BCUT2D eigenvalue weighted by atomic mass is 10.1. The summed E-state index contributed by atoms with van der Waals surface area (Å²) in [5, 5.41) is 0.906. The van der Waals surface area contributed by atoms with E-state index in [1.165, 1.54) is 11.3 Å². The number of hydrogen-bond donors (Lipinski definition) is 0. The molecule has 0 amide bonds. The van der Waals surface area contributed by atoms with Crippen molar-refractivity contribution in [2.75, 3.05) is 38.2 Å². The molecule has 148 valence electrons. The summed E-state index contributed by atoms with van der Waals surface area (Å²) in [5.74, 6) is 0.379. The number of pyridine rings is 2. The number of aryl methyl sites for hydroxylation is 2. The topological polar surface area (TPSA) is 54.4 Å². The summed E-state index contributed by atoms with van der Waals surface area (Å²) in [7, 11) is 1.63. The van der Waals surface area contributed by atoms with E-state index in [9.17, 15) is 4.39 Å². The van der Waals surface area contributed by atoms with E-state index in [-0.39, 0.29) is 11.9 Å². The predicted molar refractivity (Wildman–Crippen MR) is 110 cm³/mol. The van der Waals surface area contributed by atoms with E-state index < -0.39 is 0 Å². The molecule has 0 saturated carbocycles. The number of nitrogens with zero attached hydrogens (tertiary/aromatic N) is 5. The van der Waals surface area contributed by atoms with Crippen molar-refractivity contribution in [1.82, 2.24) is 19.9 Å². The molecule has 0 N–H and O–H groups in total. The molecule has 0 radical (unpaired) electrons. The molecule has 3 aromatic rings. The maximum Gasteiger partial charge on any atom is 0.215 e. The van der Waals surface area contributed by atoms with E-state index in [0.29, 0.717) is 17.2 Å². The zero-order valence-corrected chi connectivity index (χ0v) is 17.4. The minimum absolute atomic E-state index is 0.0951. The van der Waals surface area contributed by atoms with Gasteiger partial charge in [-0.2, -0.15) is 0 Å². The standard InChI is InChI=1S/C20H24FN5OS/c1-12-9-15(10-18(22-12)27-4)26-7-5-25(6-8-26)13(2)19-16(21)11-17-20(24-19)23-14(3)28-17/h9-11,13H,5-8H2,1-4H3/t13-/m1/s1. The van der Waals surface area contributed by atoms with Crippen molar-refractivity contribution in [3.63, 3.8) is 0 Å². The van der Waals surface area contributed by atoms with Crippen LogP contribution < -0.4 is 9.64 Å². The van der Waals surface area contributed by atoms with Gasteiger partial charge in [0.05, 0.1) is 28.6 Å². The molecule has 1 atom stereocenters. The van der Waals surface area contributed by atoms with Crippen LogP contribution in [0.3, 0.4) is 0 Å². The molecule has 6 nitrogen and oxygen atoms in total. The molecular weight excluding hydrogens is 377 g/mol. The van der Waals surface area contributed by atoms with Crippen molar-refractivity contribution in [1.29, 1.82) is 0 Å². The molecule has 8 heteroatoms. The smallest absolute Gasteiger partial charge is 0.215 e. The van der Waals surface area contributed by atoms with Crippen molar-refractivity contribution in [3.05, 3.63) is 40.4 Å². The number of rotatable bonds is 4. The minimum atomic E-state index is -0.249. The van der Waals surface area contributed by atoms with Gasteiger partial charge in [0.1, 0.15) is 5.82 Å². The van der Waals surface area contributed by atoms with Crippen molar-refractivity contribution in [2.45, 2.75) is 26.8 Å². The van der Waals surface area contributed by atoms with Crippen LogP contribution in [0.2, 0.25) is 0 Å². The van der Waals surface area contributed by atoms with Gasteiger partial charge in [0.2, 0.25) is 5.88 Å². The van der Waals surface area contributed by atoms with E-state index in [1.807, 2.05) is 26.8 Å². The van der Waals surface area contributed by atoms with Gasteiger partial charge in [0.25, 0.3) is 0 Å². The van der Waals surface area contributed by atoms with Gasteiger partial charge in [-0.05, 0) is 32.9 Å². The van der Waals surface area contributed by atoms with Gasteiger partial charge in [-0.1, -0.05) is 0 Å². The zero-order chi connectivity index (χ0) is 19.8. The summed E-state index contributed by atoms with van der Waals surface area (Å²) >= 11 is 1.48. The quantitative estimate of drug-likeness (QED) is 0.664. The number of ether oxygens (including phenoxy) is 1. The van der Waals surface area contributed by atoms with Gasteiger partial charge in [-0.15, -0.1) is 11.3 Å². The summed E-state index contributed by atoms with van der Waals surface area (Å²) in [4.78, 5) is 17.9. The van der Waals surface area contributed by atoms with Gasteiger partial charge in [0, 0.05) is 43.6 Å². The van der Waals surface area contributed by atoms with Gasteiger partial charge in [0.15, 0.2) is 5.65 Å². The highest BCUT2D eigenvalue weighted by Crippen LogP contribution is 2.29. The number of fused-ring (bicyclic) bond motifs is 1. The first-order valence-electron chi connectivity index (χ1n) is 9.40. The van der Waals surface area contributed by atoms with Gasteiger partial charge >= 0.3 is 0 Å². The predicted octanol–water partition coefficient (Wildman–Crippen LogP) is 3.73. The number of piperazine rings is 1. The number of hydrogen-bond acceptors (Lipinski definition) is 7. The summed E-state index contributed by atoms with van der Waals surface area (Å²) in [6, 6.07) is 5.51. The lowest BCUT2D eigenvalue weighted by molar-refractivity contribution is 0.191. The molecule has 1 saturated heterocycles. The summed E-state index contributed by atoms with van der Waals surface area (Å²) in [6.07, 6.45) is 0. The van der Waals surface area contributed by atoms with E-state index in [4.69, 9.17) is 4.74 Å². The molecule has 0 aromatic carbocycles. The fraction of sp³-hybridized carbons (Fsp3) is 0.450. The molecule has 3 aromatic heterocycles. The maximum atomic E-state index is 14.7. The highest BCUT2D eigenvalue weighted by Gasteiger charge is 2.26. The fourth-order valence-electron chi connectivity index (χ4n) is 3.70. The first-order chi connectivity index (χ1) is 13.4. The Morgan fingerprint density at radius 3 is 2.54 bits per heavy atom. The van der Waals surface area contributed by atoms with Crippen molar-refractivity contribution in [3.8, 4) is 5.88 Å². The Morgan fingerprint density at radius 2 is 1.82 bits per heavy atom. The number of halogens is 1. The van der Waals surface area contributed by atoms with Crippen LogP contribution in [-0.4, -0.2) is 53.1 Å². The molecule has 0 unspecified atom stereocenters. The highest BCUT2D eigenvalue weighted by atomic mass is 32.1. The van der Waals surface area contributed by atoms with Crippen LogP contribution in [-0.2, 0) is 0 Å². The average Bonchev–Trinajstić information content (AvgIpc) is 3.05. The van der Waals surface area contributed by atoms with E-state index in [1.54, 1.807) is 13.2 Å². The van der Waals surface area contributed by atoms with Crippen LogP contribution in [0.5, 0.6) is 5.88 Å². The van der Waals surface area contributed by atoms with Gasteiger partial charge in [-0.3, -0.25) is 4.90 Å². The summed E-state index contributed by atoms with van der Waals surface area (Å²) in [5.41, 5.74) is 3.17. The second-order valence-corrected chi connectivity index (χ2v) is 8.35. The SMILES string of the molecule is COc1cc(N2CCN([C@H](C)c3nc4nc(C)sc4cc3F)CC2)cc(C)n1. The molecule has 28 heavy (non-hydrogen) atoms. The molecular formula is C20H24FN5OS. The summed E-state index contributed by atoms with van der Waals surface area (Å²) < 4.78 is 20.8. The van der Waals surface area contributed by atoms with E-state index in [2.05, 4.69) is 30.8 Å². The minimum Gasteiger partial charge on any atom is -0.481 e. The third-order valence-electron chi connectivity index (χ3n) is 5.22. The van der Waals surface area contributed by atoms with Crippen LogP contribution in [0.1, 0.15) is 29.4 Å². The first kappa shape index (κ1) is 19.0. The monoisotopic (exact) mass is 401 g/mol. The van der Waals surface area contributed by atoms with Gasteiger partial charge < -0.3 is 9.64 Å². The van der Waals surface area contributed by atoms with Crippen LogP contribution in [0, 0.1) is 19.7 Å². The number of anilines is 1. The third kappa shape index (κ3) is 3.66. The Balaban J connectivity index is 1.49. The van der Waals surface area contributed by atoms with Crippen LogP contribution >= 0.6 is 11.3 Å². The first-order valence-corrected chi connectivity index (χ1v) is 10.2. The number of thiazole rings is 1. The Bertz CT molecular complexity index is 1000. The van der Waals surface area contributed by atoms with Gasteiger partial charge in [-0.25, -0.2) is 19.3 Å². The third-order valence-corrected chi connectivity index (χ3v) is 6.12. The van der Waals surface area contributed by atoms with Crippen molar-refractivity contribution < 1.29 is 9.13 Å². The van der Waals surface area contributed by atoms with Crippen molar-refractivity contribution >= 4 is 27.4 Å². The molecule has 1 fully saturated rings. The van der Waals surface area contributed by atoms with Crippen LogP contribution in [0.25, 0.3) is 10.3 Å². The molecule has 0 bridgehead atoms. The van der Waals surface area contributed by atoms with Crippen LogP contribution in [0.4, 0.5) is 10.1 Å². The normalized spacial score (nSPS) is 16.5. The molecule has 0 aliphatic carbocycles. The maximum absolute atomic E-state index is 14.7.